The van der Waals surface area contributed by atoms with Crippen molar-refractivity contribution in [3.8, 4) is 17.2 Å². The van der Waals surface area contributed by atoms with E-state index in [4.69, 9.17) is 53.8 Å². The Morgan fingerprint density at radius 1 is 1.00 bits per heavy atom. The normalized spacial score (nSPS) is 13.3. The molecule has 2 aromatic rings. The van der Waals surface area contributed by atoms with E-state index in [-0.39, 0.29) is 26.9 Å². The largest absolute Gasteiger partial charge is 0.486 e. The third-order valence-corrected chi connectivity index (χ3v) is 5.15. The van der Waals surface area contributed by atoms with Gasteiger partial charge in [-0.3, -0.25) is 4.79 Å². The molecule has 1 aliphatic rings. The van der Waals surface area contributed by atoms with Crippen LogP contribution in [0, 0.1) is 0 Å². The second kappa shape index (κ2) is 10.1. The van der Waals surface area contributed by atoms with E-state index in [0.717, 1.165) is 5.56 Å². The standard InChI is InChI=1S/C20H18Cl3NO6/c1-11(12-2-3-16-18(6-12)28-5-4-27-16)24-19(25)9-30-20(26)10-29-17-8-14(22)13(21)7-15(17)23/h2-3,6-8,11H,4-5,9-10H2,1H3,(H,24,25). The van der Waals surface area contributed by atoms with Gasteiger partial charge in [0, 0.05) is 6.07 Å². The van der Waals surface area contributed by atoms with Crippen molar-refractivity contribution in [2.45, 2.75) is 13.0 Å². The Morgan fingerprint density at radius 3 is 2.47 bits per heavy atom. The summed E-state index contributed by atoms with van der Waals surface area (Å²) in [6.07, 6.45) is 0. The van der Waals surface area contributed by atoms with E-state index in [0.29, 0.717) is 24.7 Å². The molecule has 7 nitrogen and oxygen atoms in total. The fourth-order valence-corrected chi connectivity index (χ4v) is 3.23. The predicted octanol–water partition coefficient (Wildman–Crippen LogP) is 4.22. The van der Waals surface area contributed by atoms with E-state index in [1.165, 1.54) is 12.1 Å². The number of hydrogen-bond acceptors (Lipinski definition) is 6. The lowest BCUT2D eigenvalue weighted by Gasteiger charge is -2.21. The van der Waals surface area contributed by atoms with Crippen molar-refractivity contribution in [2.24, 2.45) is 0 Å². The maximum Gasteiger partial charge on any atom is 0.344 e. The number of carbonyl (C=O) groups is 2. The van der Waals surface area contributed by atoms with Crippen LogP contribution in [0.5, 0.6) is 17.2 Å². The number of carbonyl (C=O) groups excluding carboxylic acids is 2. The van der Waals surface area contributed by atoms with Crippen LogP contribution in [0.2, 0.25) is 15.1 Å². The van der Waals surface area contributed by atoms with Gasteiger partial charge in [0.05, 0.1) is 21.1 Å². The molecule has 1 atom stereocenters. The number of benzene rings is 2. The highest BCUT2D eigenvalue weighted by molar-refractivity contribution is 6.43. The molecule has 30 heavy (non-hydrogen) atoms. The number of hydrogen-bond donors (Lipinski definition) is 1. The lowest BCUT2D eigenvalue weighted by molar-refractivity contribution is -0.150. The van der Waals surface area contributed by atoms with Crippen molar-refractivity contribution in [3.63, 3.8) is 0 Å². The van der Waals surface area contributed by atoms with Crippen LogP contribution in [0.3, 0.4) is 0 Å². The minimum absolute atomic E-state index is 0.180. The third-order valence-electron chi connectivity index (χ3n) is 4.13. The van der Waals surface area contributed by atoms with Gasteiger partial charge < -0.3 is 24.3 Å². The molecule has 0 aromatic heterocycles. The Hall–Kier alpha value is -2.35. The minimum atomic E-state index is -0.737. The summed E-state index contributed by atoms with van der Waals surface area (Å²) in [6, 6.07) is 7.90. The first-order chi connectivity index (χ1) is 14.3. The van der Waals surface area contributed by atoms with Gasteiger partial charge in [0.25, 0.3) is 5.91 Å². The van der Waals surface area contributed by atoms with E-state index in [1.807, 2.05) is 6.07 Å². The number of rotatable bonds is 7. The number of halogens is 3. The van der Waals surface area contributed by atoms with E-state index < -0.39 is 25.1 Å². The van der Waals surface area contributed by atoms with Crippen molar-refractivity contribution in [3.05, 3.63) is 51.0 Å². The predicted molar refractivity (Wildman–Crippen MR) is 112 cm³/mol. The molecule has 0 fully saturated rings. The molecule has 0 aliphatic carbocycles. The Morgan fingerprint density at radius 2 is 1.70 bits per heavy atom. The summed E-state index contributed by atoms with van der Waals surface area (Å²) in [5.41, 5.74) is 0.830. The molecule has 2 aromatic carbocycles. The Labute approximate surface area is 188 Å². The van der Waals surface area contributed by atoms with E-state index >= 15 is 0 Å². The lowest BCUT2D eigenvalue weighted by atomic mass is 10.1. The molecule has 0 spiro atoms. The fraction of sp³-hybridized carbons (Fsp3) is 0.300. The molecule has 1 amide bonds. The zero-order valence-electron chi connectivity index (χ0n) is 15.9. The molecule has 0 radical (unpaired) electrons. The van der Waals surface area contributed by atoms with Crippen LogP contribution in [0.25, 0.3) is 0 Å². The maximum atomic E-state index is 12.1. The van der Waals surface area contributed by atoms with Gasteiger partial charge in [-0.05, 0) is 30.7 Å². The van der Waals surface area contributed by atoms with Crippen LogP contribution in [-0.4, -0.2) is 38.3 Å². The zero-order chi connectivity index (χ0) is 21.7. The smallest absolute Gasteiger partial charge is 0.344 e. The van der Waals surface area contributed by atoms with Crippen LogP contribution in [-0.2, 0) is 14.3 Å². The SMILES string of the molecule is CC(NC(=O)COC(=O)COc1cc(Cl)c(Cl)cc1Cl)c1ccc2c(c1)OCCO2. The highest BCUT2D eigenvalue weighted by Crippen LogP contribution is 2.34. The van der Waals surface area contributed by atoms with E-state index in [1.54, 1.807) is 19.1 Å². The summed E-state index contributed by atoms with van der Waals surface area (Å²) in [6.45, 7) is 1.89. The molecule has 10 heteroatoms. The topological polar surface area (TPSA) is 83.1 Å². The monoisotopic (exact) mass is 473 g/mol. The second-order valence-corrected chi connectivity index (χ2v) is 7.56. The molecular weight excluding hydrogens is 457 g/mol. The van der Waals surface area contributed by atoms with Crippen molar-refractivity contribution in [2.75, 3.05) is 26.4 Å². The molecule has 3 rings (SSSR count). The van der Waals surface area contributed by atoms with Crippen LogP contribution in [0.15, 0.2) is 30.3 Å². The summed E-state index contributed by atoms with van der Waals surface area (Å²) in [5, 5.41) is 3.44. The van der Waals surface area contributed by atoms with Crippen molar-refractivity contribution < 1.29 is 28.5 Å². The molecule has 1 N–H and O–H groups in total. The van der Waals surface area contributed by atoms with Gasteiger partial charge in [-0.25, -0.2) is 4.79 Å². The summed E-state index contributed by atoms with van der Waals surface area (Å²) in [7, 11) is 0. The van der Waals surface area contributed by atoms with Crippen LogP contribution >= 0.6 is 34.8 Å². The van der Waals surface area contributed by atoms with Gasteiger partial charge in [-0.1, -0.05) is 40.9 Å². The zero-order valence-corrected chi connectivity index (χ0v) is 18.1. The van der Waals surface area contributed by atoms with Gasteiger partial charge in [0.15, 0.2) is 24.7 Å². The summed E-state index contributed by atoms with van der Waals surface area (Å²) >= 11 is 17.7. The fourth-order valence-electron chi connectivity index (χ4n) is 2.64. The van der Waals surface area contributed by atoms with E-state index in [2.05, 4.69) is 5.32 Å². The molecular formula is C20H18Cl3NO6. The maximum absolute atomic E-state index is 12.1. The van der Waals surface area contributed by atoms with Gasteiger partial charge >= 0.3 is 5.97 Å². The summed E-state index contributed by atoms with van der Waals surface area (Å²) in [5.74, 6) is 0.279. The van der Waals surface area contributed by atoms with Crippen LogP contribution < -0.4 is 19.5 Å². The van der Waals surface area contributed by atoms with Gasteiger partial charge in [-0.15, -0.1) is 0 Å². The third kappa shape index (κ3) is 5.84. The average molecular weight is 475 g/mol. The first-order valence-corrected chi connectivity index (χ1v) is 10.1. The molecule has 0 saturated carbocycles. The number of fused-ring (bicyclic) bond motifs is 1. The number of amides is 1. The number of nitrogens with one attached hydrogen (secondary N) is 1. The number of ether oxygens (including phenoxy) is 4. The van der Waals surface area contributed by atoms with Crippen molar-refractivity contribution in [1.29, 1.82) is 0 Å². The quantitative estimate of drug-likeness (QED) is 0.478. The van der Waals surface area contributed by atoms with Gasteiger partial charge in [-0.2, -0.15) is 0 Å². The highest BCUT2D eigenvalue weighted by atomic mass is 35.5. The first-order valence-electron chi connectivity index (χ1n) is 8.95. The van der Waals surface area contributed by atoms with Crippen molar-refractivity contribution >= 4 is 46.7 Å². The molecule has 1 aliphatic heterocycles. The van der Waals surface area contributed by atoms with Crippen LogP contribution in [0.1, 0.15) is 18.5 Å². The van der Waals surface area contributed by atoms with Gasteiger partial charge in [0.1, 0.15) is 19.0 Å². The Balaban J connectivity index is 1.45. The second-order valence-electron chi connectivity index (χ2n) is 6.34. The Kier molecular flexibility index (Phi) is 7.53. The highest BCUT2D eigenvalue weighted by Gasteiger charge is 2.17. The molecule has 0 bridgehead atoms. The molecule has 1 heterocycles. The first kappa shape index (κ1) is 22.3. The number of esters is 1. The lowest BCUT2D eigenvalue weighted by Crippen LogP contribution is -2.32. The van der Waals surface area contributed by atoms with Crippen molar-refractivity contribution in [1.82, 2.24) is 5.32 Å². The van der Waals surface area contributed by atoms with E-state index in [9.17, 15) is 9.59 Å². The average Bonchev–Trinajstić information content (AvgIpc) is 2.73. The summed E-state index contributed by atoms with van der Waals surface area (Å²) < 4.78 is 21.2. The van der Waals surface area contributed by atoms with Gasteiger partial charge in [0.2, 0.25) is 0 Å². The molecule has 160 valence electrons. The minimum Gasteiger partial charge on any atom is -0.486 e. The van der Waals surface area contributed by atoms with Crippen LogP contribution in [0.4, 0.5) is 0 Å². The molecule has 0 saturated heterocycles. The summed E-state index contributed by atoms with van der Waals surface area (Å²) in [4.78, 5) is 23.9. The Bertz CT molecular complexity index is 952. The molecule has 1 unspecified atom stereocenters.